The summed E-state index contributed by atoms with van der Waals surface area (Å²) in [5.41, 5.74) is 0.993. The van der Waals surface area contributed by atoms with Crippen molar-refractivity contribution in [3.63, 3.8) is 0 Å². The molecule has 1 fully saturated rings. The second-order valence-electron chi connectivity index (χ2n) is 4.78. The number of fused-ring (bicyclic) bond motifs is 1. The molecule has 2 N–H and O–H groups in total. The number of carboxylic acids is 1. The summed E-state index contributed by atoms with van der Waals surface area (Å²) in [5.74, 6) is -0.463. The van der Waals surface area contributed by atoms with E-state index < -0.39 is 11.9 Å². The van der Waals surface area contributed by atoms with Crippen LogP contribution in [0.5, 0.6) is 11.5 Å². The zero-order valence-electron chi connectivity index (χ0n) is 10.4. The molecule has 2 aliphatic rings. The molecule has 0 bridgehead atoms. The fourth-order valence-corrected chi connectivity index (χ4v) is 2.86. The molecule has 3 rings (SSSR count). The smallest absolute Gasteiger partial charge is 0.307 e. The number of carbonyl (C=O) groups excluding carboxylic acids is 1. The molecule has 0 saturated carbocycles. The number of ether oxygens (including phenoxy) is 2. The Kier molecular flexibility index (Phi) is 3.27. The molecular weight excluding hydrogens is 286 g/mol. The molecule has 7 heteroatoms. The average Bonchev–Trinajstić information content (AvgIpc) is 3.06. The first-order chi connectivity index (χ1) is 9.61. The first-order valence-electron chi connectivity index (χ1n) is 6.15. The Bertz CT molecular complexity index is 589. The molecule has 0 spiro atoms. The van der Waals surface area contributed by atoms with E-state index in [1.807, 2.05) is 0 Å². The summed E-state index contributed by atoms with van der Waals surface area (Å²) < 4.78 is 10.7. The molecule has 106 valence electrons. The summed E-state index contributed by atoms with van der Waals surface area (Å²) in [6, 6.07) is 1.46. The van der Waals surface area contributed by atoms with Crippen molar-refractivity contribution in [1.29, 1.82) is 0 Å². The van der Waals surface area contributed by atoms with Crippen LogP contribution in [0.3, 0.4) is 0 Å². The lowest BCUT2D eigenvalue weighted by Crippen LogP contribution is -2.17. The van der Waals surface area contributed by atoms with Gasteiger partial charge in [0.15, 0.2) is 17.8 Å². The summed E-state index contributed by atoms with van der Waals surface area (Å²) in [7, 11) is 0. The quantitative estimate of drug-likeness (QED) is 0.825. The topological polar surface area (TPSA) is 84.9 Å². The van der Waals surface area contributed by atoms with Gasteiger partial charge in [0, 0.05) is 18.2 Å². The maximum absolute atomic E-state index is 11.0. The molecule has 1 saturated heterocycles. The van der Waals surface area contributed by atoms with Crippen LogP contribution in [0.2, 0.25) is 5.02 Å². The average molecular weight is 298 g/mol. The van der Waals surface area contributed by atoms with Crippen molar-refractivity contribution in [2.75, 3.05) is 13.3 Å². The van der Waals surface area contributed by atoms with Crippen LogP contribution in [0.4, 0.5) is 0 Å². The Morgan fingerprint density at radius 3 is 2.85 bits per heavy atom. The van der Waals surface area contributed by atoms with E-state index in [2.05, 4.69) is 5.32 Å². The van der Waals surface area contributed by atoms with Gasteiger partial charge >= 0.3 is 5.97 Å². The summed E-state index contributed by atoms with van der Waals surface area (Å²) in [4.78, 5) is 22.1. The Labute approximate surface area is 119 Å². The second kappa shape index (κ2) is 4.96. The first-order valence-corrected chi connectivity index (χ1v) is 6.53. The molecule has 2 atom stereocenters. The third-order valence-corrected chi connectivity index (χ3v) is 3.95. The van der Waals surface area contributed by atoms with Crippen LogP contribution in [0.25, 0.3) is 0 Å². The molecule has 0 aliphatic carbocycles. The molecule has 1 aromatic rings. The van der Waals surface area contributed by atoms with E-state index in [1.54, 1.807) is 6.07 Å². The van der Waals surface area contributed by atoms with E-state index in [1.165, 1.54) is 0 Å². The van der Waals surface area contributed by atoms with Gasteiger partial charge in [-0.05, 0) is 12.5 Å². The minimum atomic E-state index is -0.829. The monoisotopic (exact) mass is 297 g/mol. The van der Waals surface area contributed by atoms with Crippen molar-refractivity contribution in [1.82, 2.24) is 5.32 Å². The van der Waals surface area contributed by atoms with Crippen LogP contribution in [0.1, 0.15) is 28.4 Å². The largest absolute Gasteiger partial charge is 0.481 e. The number of aliphatic carboxylic acids is 1. The second-order valence-corrected chi connectivity index (χ2v) is 5.18. The molecule has 0 radical (unpaired) electrons. The highest BCUT2D eigenvalue weighted by Gasteiger charge is 2.35. The van der Waals surface area contributed by atoms with Gasteiger partial charge in [0.1, 0.15) is 0 Å². The van der Waals surface area contributed by atoms with Crippen molar-refractivity contribution < 1.29 is 24.2 Å². The standard InChI is InChI=1S/C13H12ClNO5/c14-9-2-7(10-1-6(3-15-10)13(17)18)11-12(8(9)4-16)20-5-19-11/h2,4,6,10,15H,1,3,5H2,(H,17,18). The fraction of sp³-hybridized carbons (Fsp3) is 0.385. The predicted molar refractivity (Wildman–Crippen MR) is 69.4 cm³/mol. The summed E-state index contributed by atoms with van der Waals surface area (Å²) in [6.07, 6.45) is 1.07. The molecule has 20 heavy (non-hydrogen) atoms. The minimum absolute atomic E-state index is 0.0264. The Morgan fingerprint density at radius 2 is 2.20 bits per heavy atom. The van der Waals surface area contributed by atoms with Crippen molar-refractivity contribution in [2.45, 2.75) is 12.5 Å². The van der Waals surface area contributed by atoms with E-state index in [0.29, 0.717) is 30.8 Å². The summed E-state index contributed by atoms with van der Waals surface area (Å²) >= 11 is 6.08. The van der Waals surface area contributed by atoms with Crippen molar-refractivity contribution in [2.24, 2.45) is 5.92 Å². The first kappa shape index (κ1) is 13.2. The van der Waals surface area contributed by atoms with E-state index in [9.17, 15) is 9.59 Å². The predicted octanol–water partition coefficient (Wildman–Crippen LogP) is 1.62. The van der Waals surface area contributed by atoms with Crippen molar-refractivity contribution in [3.05, 3.63) is 22.2 Å². The van der Waals surface area contributed by atoms with Crippen LogP contribution in [0, 0.1) is 5.92 Å². The third kappa shape index (κ3) is 2.01. The van der Waals surface area contributed by atoms with Gasteiger partial charge in [0.05, 0.1) is 16.5 Å². The number of aldehydes is 1. The van der Waals surface area contributed by atoms with Gasteiger partial charge < -0.3 is 19.9 Å². The lowest BCUT2D eigenvalue weighted by atomic mass is 9.97. The number of rotatable bonds is 3. The number of carboxylic acid groups (broad SMARTS) is 1. The fourth-order valence-electron chi connectivity index (χ4n) is 2.61. The Hall–Kier alpha value is -1.79. The lowest BCUT2D eigenvalue weighted by molar-refractivity contribution is -0.141. The van der Waals surface area contributed by atoms with Crippen molar-refractivity contribution >= 4 is 23.9 Å². The van der Waals surface area contributed by atoms with Crippen LogP contribution >= 0.6 is 11.6 Å². The van der Waals surface area contributed by atoms with E-state index in [4.69, 9.17) is 26.2 Å². The van der Waals surface area contributed by atoms with Crippen LogP contribution in [0.15, 0.2) is 6.07 Å². The summed E-state index contributed by atoms with van der Waals surface area (Å²) in [6.45, 7) is 0.418. The van der Waals surface area contributed by atoms with Crippen LogP contribution in [-0.4, -0.2) is 30.7 Å². The zero-order valence-corrected chi connectivity index (χ0v) is 11.1. The van der Waals surface area contributed by atoms with Gasteiger partial charge in [-0.3, -0.25) is 9.59 Å². The Balaban J connectivity index is 1.99. The minimum Gasteiger partial charge on any atom is -0.481 e. The summed E-state index contributed by atoms with van der Waals surface area (Å²) in [5, 5.41) is 12.5. The number of hydrogen-bond donors (Lipinski definition) is 2. The van der Waals surface area contributed by atoms with Gasteiger partial charge in [-0.15, -0.1) is 0 Å². The number of halogens is 1. The molecule has 6 nitrogen and oxygen atoms in total. The number of benzene rings is 1. The number of hydrogen-bond acceptors (Lipinski definition) is 5. The third-order valence-electron chi connectivity index (χ3n) is 3.63. The molecule has 2 unspecified atom stereocenters. The van der Waals surface area contributed by atoms with E-state index in [-0.39, 0.29) is 23.4 Å². The van der Waals surface area contributed by atoms with Gasteiger partial charge in [-0.1, -0.05) is 11.6 Å². The van der Waals surface area contributed by atoms with E-state index in [0.717, 1.165) is 5.56 Å². The molecule has 2 heterocycles. The zero-order chi connectivity index (χ0) is 14.3. The maximum atomic E-state index is 11.0. The number of carbonyl (C=O) groups is 2. The van der Waals surface area contributed by atoms with E-state index >= 15 is 0 Å². The highest BCUT2D eigenvalue weighted by atomic mass is 35.5. The highest BCUT2D eigenvalue weighted by molar-refractivity contribution is 6.33. The molecule has 2 aliphatic heterocycles. The van der Waals surface area contributed by atoms with Gasteiger partial charge in [0.25, 0.3) is 0 Å². The van der Waals surface area contributed by atoms with Gasteiger partial charge in [0.2, 0.25) is 6.79 Å². The van der Waals surface area contributed by atoms with Gasteiger partial charge in [-0.25, -0.2) is 0 Å². The Morgan fingerprint density at radius 1 is 1.45 bits per heavy atom. The maximum Gasteiger partial charge on any atom is 0.307 e. The van der Waals surface area contributed by atoms with Gasteiger partial charge in [-0.2, -0.15) is 0 Å². The lowest BCUT2D eigenvalue weighted by Gasteiger charge is -2.15. The molecular formula is C13H12ClNO5. The normalized spacial score (nSPS) is 23.9. The van der Waals surface area contributed by atoms with Crippen LogP contribution in [-0.2, 0) is 4.79 Å². The molecule has 1 aromatic carbocycles. The highest BCUT2D eigenvalue weighted by Crippen LogP contribution is 2.46. The van der Waals surface area contributed by atoms with Crippen molar-refractivity contribution in [3.8, 4) is 11.5 Å². The SMILES string of the molecule is O=Cc1c(Cl)cc(C2CC(C(=O)O)CN2)c2c1OCO2. The van der Waals surface area contributed by atoms with Crippen LogP contribution < -0.4 is 14.8 Å². The number of nitrogens with one attached hydrogen (secondary N) is 1. The molecule has 0 aromatic heterocycles. The molecule has 0 amide bonds.